The van der Waals surface area contributed by atoms with Gasteiger partial charge >= 0.3 is 12.1 Å². The van der Waals surface area contributed by atoms with Gasteiger partial charge in [0.1, 0.15) is 5.82 Å². The van der Waals surface area contributed by atoms with Crippen LogP contribution < -0.4 is 15.1 Å². The minimum atomic E-state index is -5.08. The van der Waals surface area contributed by atoms with E-state index in [0.717, 1.165) is 38.4 Å². The van der Waals surface area contributed by atoms with Crippen LogP contribution in [0, 0.1) is 6.92 Å². The summed E-state index contributed by atoms with van der Waals surface area (Å²) in [6, 6.07) is 14.0. The summed E-state index contributed by atoms with van der Waals surface area (Å²) in [5.41, 5.74) is 4.12. The van der Waals surface area contributed by atoms with Gasteiger partial charge in [0.25, 0.3) is 5.91 Å². The van der Waals surface area contributed by atoms with Crippen LogP contribution in [-0.4, -0.2) is 65.9 Å². The average molecular weight is 550 g/mol. The highest BCUT2D eigenvalue weighted by molar-refractivity contribution is 6.33. The van der Waals surface area contributed by atoms with Crippen molar-refractivity contribution in [3.8, 4) is 0 Å². The second kappa shape index (κ2) is 13.1. The quantitative estimate of drug-likeness (QED) is 0.471. The lowest BCUT2D eigenvalue weighted by Gasteiger charge is -2.37. The lowest BCUT2D eigenvalue weighted by molar-refractivity contribution is -0.192. The van der Waals surface area contributed by atoms with Gasteiger partial charge in [-0.2, -0.15) is 13.2 Å². The van der Waals surface area contributed by atoms with E-state index in [-0.39, 0.29) is 5.91 Å². The number of nitrogens with zero attached hydrogens (tertiary/aromatic N) is 4. The van der Waals surface area contributed by atoms with Gasteiger partial charge in [-0.25, -0.2) is 9.78 Å². The molecule has 38 heavy (non-hydrogen) atoms. The zero-order valence-electron chi connectivity index (χ0n) is 20.6. The van der Waals surface area contributed by atoms with Crippen molar-refractivity contribution in [2.24, 2.45) is 0 Å². The number of pyridine rings is 2. The van der Waals surface area contributed by atoms with E-state index < -0.39 is 12.1 Å². The summed E-state index contributed by atoms with van der Waals surface area (Å²) in [6.07, 6.45) is 0.939. The lowest BCUT2D eigenvalue weighted by atomic mass is 10.1. The predicted octanol–water partition coefficient (Wildman–Crippen LogP) is 4.37. The maximum atomic E-state index is 12.5. The van der Waals surface area contributed by atoms with Crippen LogP contribution in [0.5, 0.6) is 0 Å². The number of piperazine rings is 1. The molecule has 3 aromatic rings. The second-order valence-electron chi connectivity index (χ2n) is 8.44. The third-order valence-corrected chi connectivity index (χ3v) is 6.15. The number of carboxylic acid groups (broad SMARTS) is 1. The molecule has 12 heteroatoms. The lowest BCUT2D eigenvalue weighted by Crippen LogP contribution is -2.47. The number of amides is 1. The van der Waals surface area contributed by atoms with Crippen molar-refractivity contribution in [1.29, 1.82) is 0 Å². The van der Waals surface area contributed by atoms with Crippen LogP contribution in [0.3, 0.4) is 0 Å². The summed E-state index contributed by atoms with van der Waals surface area (Å²) in [5.74, 6) is -2.18. The van der Waals surface area contributed by atoms with Gasteiger partial charge in [0.15, 0.2) is 0 Å². The average Bonchev–Trinajstić information content (AvgIpc) is 2.90. The van der Waals surface area contributed by atoms with Crippen LogP contribution in [0.25, 0.3) is 0 Å². The van der Waals surface area contributed by atoms with Gasteiger partial charge < -0.3 is 20.2 Å². The van der Waals surface area contributed by atoms with E-state index in [9.17, 15) is 18.0 Å². The third-order valence-electron chi connectivity index (χ3n) is 5.87. The normalized spacial score (nSPS) is 13.4. The number of hydrogen-bond acceptors (Lipinski definition) is 6. The van der Waals surface area contributed by atoms with Crippen LogP contribution in [0.15, 0.2) is 61.1 Å². The minimum absolute atomic E-state index is 0.156. The number of aliphatic carboxylic acids is 1. The molecule has 4 rings (SSSR count). The molecular formula is C26H27ClF3N5O3. The summed E-state index contributed by atoms with van der Waals surface area (Å²) in [6.45, 7) is 6.04. The number of aromatic nitrogens is 2. The van der Waals surface area contributed by atoms with Gasteiger partial charge in [0, 0.05) is 57.0 Å². The molecule has 202 valence electrons. The number of nitrogens with one attached hydrogen (secondary N) is 1. The van der Waals surface area contributed by atoms with Crippen molar-refractivity contribution in [2.45, 2.75) is 19.5 Å². The Hall–Kier alpha value is -3.86. The van der Waals surface area contributed by atoms with Gasteiger partial charge in [0.05, 0.1) is 10.6 Å². The number of halogens is 4. The fraction of sp³-hybridized carbons (Fsp3) is 0.308. The zero-order valence-corrected chi connectivity index (χ0v) is 21.3. The van der Waals surface area contributed by atoms with Crippen molar-refractivity contribution in [3.63, 3.8) is 0 Å². The van der Waals surface area contributed by atoms with Crippen LogP contribution >= 0.6 is 11.6 Å². The highest BCUT2D eigenvalue weighted by Gasteiger charge is 2.38. The Bertz CT molecular complexity index is 1240. The molecule has 2 aromatic heterocycles. The molecule has 2 N–H and O–H groups in total. The molecule has 0 spiro atoms. The Morgan fingerprint density at radius 1 is 1.05 bits per heavy atom. The first-order chi connectivity index (χ1) is 18.1. The Balaban J connectivity index is 0.000000505. The van der Waals surface area contributed by atoms with Gasteiger partial charge in [0.2, 0.25) is 0 Å². The van der Waals surface area contributed by atoms with Crippen molar-refractivity contribution < 1.29 is 27.9 Å². The van der Waals surface area contributed by atoms with Crippen LogP contribution in [0.1, 0.15) is 21.5 Å². The molecule has 3 heterocycles. The molecule has 1 saturated heterocycles. The molecule has 0 radical (unpaired) electrons. The van der Waals surface area contributed by atoms with E-state index in [1.165, 1.54) is 16.8 Å². The molecule has 0 aliphatic carbocycles. The van der Waals surface area contributed by atoms with Gasteiger partial charge in [-0.05, 0) is 42.7 Å². The molecule has 1 aliphatic heterocycles. The molecule has 1 amide bonds. The molecule has 1 aromatic carbocycles. The summed E-state index contributed by atoms with van der Waals surface area (Å²) in [5, 5.41) is 10.6. The summed E-state index contributed by atoms with van der Waals surface area (Å²) >= 11 is 6.50. The van der Waals surface area contributed by atoms with Crippen LogP contribution in [0.2, 0.25) is 5.02 Å². The Labute approximate surface area is 223 Å². The Morgan fingerprint density at radius 3 is 2.24 bits per heavy atom. The maximum absolute atomic E-state index is 12.5. The molecule has 1 fully saturated rings. The number of anilines is 2. The first kappa shape index (κ1) is 28.7. The third kappa shape index (κ3) is 8.07. The SMILES string of the molecule is Cc1ccccc1CCNC(=O)c1cnc(N2CCN(c3ccncc3)CC2)c(Cl)c1.O=C(O)C(F)(F)F. The summed E-state index contributed by atoms with van der Waals surface area (Å²) in [7, 11) is 0. The van der Waals surface area contributed by atoms with Crippen molar-refractivity contribution in [1.82, 2.24) is 15.3 Å². The molecule has 0 bridgehead atoms. The second-order valence-corrected chi connectivity index (χ2v) is 8.85. The maximum Gasteiger partial charge on any atom is 0.490 e. The van der Waals surface area contributed by atoms with E-state index in [1.54, 1.807) is 12.3 Å². The van der Waals surface area contributed by atoms with E-state index in [0.29, 0.717) is 17.1 Å². The highest BCUT2D eigenvalue weighted by atomic mass is 35.5. The zero-order chi connectivity index (χ0) is 27.7. The number of carbonyl (C=O) groups excluding carboxylic acids is 1. The molecule has 0 saturated carbocycles. The Morgan fingerprint density at radius 2 is 1.66 bits per heavy atom. The molecular weight excluding hydrogens is 523 g/mol. The van der Waals surface area contributed by atoms with Crippen molar-refractivity contribution in [2.75, 3.05) is 42.5 Å². The number of hydrogen-bond donors (Lipinski definition) is 2. The minimum Gasteiger partial charge on any atom is -0.475 e. The van der Waals surface area contributed by atoms with Gasteiger partial charge in [-0.1, -0.05) is 35.9 Å². The van der Waals surface area contributed by atoms with Gasteiger partial charge in [-0.3, -0.25) is 9.78 Å². The molecule has 0 atom stereocenters. The molecule has 8 nitrogen and oxygen atoms in total. The van der Waals surface area contributed by atoms with Gasteiger partial charge in [-0.15, -0.1) is 0 Å². The van der Waals surface area contributed by atoms with E-state index >= 15 is 0 Å². The highest BCUT2D eigenvalue weighted by Crippen LogP contribution is 2.26. The standard InChI is InChI=1S/C24H26ClN5O.C2HF3O2/c1-18-4-2-3-5-19(18)6-11-27-24(31)20-16-22(25)23(28-17-20)30-14-12-29(13-15-30)21-7-9-26-10-8-21;3-2(4,5)1(6)7/h2-5,7-10,16-17H,6,11-15H2,1H3,(H,27,31);(H,6,7). The molecule has 1 aliphatic rings. The summed E-state index contributed by atoms with van der Waals surface area (Å²) < 4.78 is 31.7. The fourth-order valence-corrected chi connectivity index (χ4v) is 4.11. The summed E-state index contributed by atoms with van der Waals surface area (Å²) in [4.78, 5) is 34.5. The number of carbonyl (C=O) groups is 2. The Kier molecular flexibility index (Phi) is 9.89. The van der Waals surface area contributed by atoms with Crippen molar-refractivity contribution >= 4 is 35.0 Å². The monoisotopic (exact) mass is 549 g/mol. The van der Waals surface area contributed by atoms with E-state index in [1.807, 2.05) is 36.7 Å². The number of rotatable bonds is 6. The van der Waals surface area contributed by atoms with E-state index in [4.69, 9.17) is 21.5 Å². The number of alkyl halides is 3. The topological polar surface area (TPSA) is 98.7 Å². The van der Waals surface area contributed by atoms with Crippen LogP contribution in [-0.2, 0) is 11.2 Å². The first-order valence-corrected chi connectivity index (χ1v) is 12.1. The van der Waals surface area contributed by atoms with E-state index in [2.05, 4.69) is 44.1 Å². The first-order valence-electron chi connectivity index (χ1n) is 11.7. The number of benzene rings is 1. The number of carboxylic acids is 1. The fourth-order valence-electron chi connectivity index (χ4n) is 3.82. The predicted molar refractivity (Wildman–Crippen MR) is 139 cm³/mol. The smallest absolute Gasteiger partial charge is 0.475 e. The molecule has 0 unspecified atom stereocenters. The van der Waals surface area contributed by atoms with Crippen LogP contribution in [0.4, 0.5) is 24.7 Å². The number of aryl methyl sites for hydroxylation is 1. The van der Waals surface area contributed by atoms with Crippen molar-refractivity contribution in [3.05, 3.63) is 82.8 Å². The largest absolute Gasteiger partial charge is 0.490 e.